The minimum absolute atomic E-state index is 0. The van der Waals surface area contributed by atoms with Gasteiger partial charge in [-0.1, -0.05) is 36.4 Å². The maximum absolute atomic E-state index is 11.7. The van der Waals surface area contributed by atoms with Gasteiger partial charge in [-0.2, -0.15) is 0 Å². The molecule has 0 fully saturated rings. The van der Waals surface area contributed by atoms with Gasteiger partial charge in [0, 0.05) is 66.1 Å². The number of hydrogen-bond acceptors (Lipinski definition) is 12. The van der Waals surface area contributed by atoms with Crippen LogP contribution in [0.5, 0.6) is 0 Å². The normalized spacial score (nSPS) is 14.9. The van der Waals surface area contributed by atoms with Crippen LogP contribution in [0.1, 0.15) is 69.1 Å². The Kier molecular flexibility index (Phi) is 16.7. The second-order valence-corrected chi connectivity index (χ2v) is 14.6. The van der Waals surface area contributed by atoms with Gasteiger partial charge in [-0.05, 0) is 88.4 Å². The predicted octanol–water partition coefficient (Wildman–Crippen LogP) is 4.81. The summed E-state index contributed by atoms with van der Waals surface area (Å²) in [7, 11) is 0. The molecule has 0 atom stereocenters. The van der Waals surface area contributed by atoms with Gasteiger partial charge in [-0.25, -0.2) is 38.8 Å². The molecule has 21 heteroatoms. The summed E-state index contributed by atoms with van der Waals surface area (Å²) in [6, 6.07) is 23.2. The van der Waals surface area contributed by atoms with Crippen LogP contribution >= 0.6 is 0 Å². The molecule has 346 valence electrons. The van der Waals surface area contributed by atoms with Crippen LogP contribution in [0.3, 0.4) is 0 Å². The van der Waals surface area contributed by atoms with Gasteiger partial charge in [-0.3, -0.25) is 38.4 Å². The van der Waals surface area contributed by atoms with Crippen molar-refractivity contribution in [3.05, 3.63) is 166 Å². The van der Waals surface area contributed by atoms with Gasteiger partial charge in [-0.15, -0.1) is 0 Å². The van der Waals surface area contributed by atoms with Crippen LogP contribution in [0.15, 0.2) is 144 Å². The number of anilines is 4. The number of carbonyl (C=O) groups is 12. The van der Waals surface area contributed by atoms with Crippen LogP contribution < -0.4 is 19.6 Å². The molecular weight excluding hydrogens is 954 g/mol. The van der Waals surface area contributed by atoms with Crippen molar-refractivity contribution < 1.29 is 97.4 Å². The van der Waals surface area contributed by atoms with Crippen molar-refractivity contribution in [3.8, 4) is 0 Å². The Bertz CT molecular complexity index is 2850. The van der Waals surface area contributed by atoms with Crippen LogP contribution in [-0.2, 0) is 57.8 Å². The topological polar surface area (TPSA) is 299 Å². The summed E-state index contributed by atoms with van der Waals surface area (Å²) in [4.78, 5) is 140. The standard InChI is InChI=1S/4C12H9NO4.Zn/c2*1-7-5-10(14)13(11(7)15)9-4-2-3-8(6-9)12(16)17;2*1-7-6-10(14)13(11(7)15)9-5-3-2-4-8(9)12(16)17;/h4*2-6H,1H3,(H,16,17);. The van der Waals surface area contributed by atoms with E-state index >= 15 is 0 Å². The van der Waals surface area contributed by atoms with Crippen LogP contribution in [0.4, 0.5) is 22.7 Å². The number of carboxylic acid groups (broad SMARTS) is 4. The van der Waals surface area contributed by atoms with E-state index in [-0.39, 0.29) is 64.5 Å². The van der Waals surface area contributed by atoms with Crippen LogP contribution in [0, 0.1) is 0 Å². The Morgan fingerprint density at radius 1 is 0.362 bits per heavy atom. The van der Waals surface area contributed by atoms with E-state index < -0.39 is 71.1 Å². The van der Waals surface area contributed by atoms with Gasteiger partial charge in [0.25, 0.3) is 47.3 Å². The number of amides is 8. The largest absolute Gasteiger partial charge is 0.478 e. The van der Waals surface area contributed by atoms with Gasteiger partial charge in [0.15, 0.2) is 0 Å². The zero-order valence-electron chi connectivity index (χ0n) is 36.7. The first-order chi connectivity index (χ1) is 32.0. The average molecular weight is 990 g/mol. The molecule has 0 radical (unpaired) electrons. The second-order valence-electron chi connectivity index (χ2n) is 14.6. The molecule has 4 aliphatic rings. The molecule has 8 amide bonds. The summed E-state index contributed by atoms with van der Waals surface area (Å²) in [6.07, 6.45) is 4.85. The molecule has 20 nitrogen and oxygen atoms in total. The van der Waals surface area contributed by atoms with Gasteiger partial charge >= 0.3 is 23.9 Å². The second kappa shape index (κ2) is 21.9. The van der Waals surface area contributed by atoms with Crippen molar-refractivity contribution in [1.82, 2.24) is 0 Å². The van der Waals surface area contributed by atoms with Crippen molar-refractivity contribution in [2.24, 2.45) is 0 Å². The Balaban J connectivity index is 0.000000199. The van der Waals surface area contributed by atoms with E-state index in [9.17, 15) is 57.5 Å². The molecule has 0 aliphatic carbocycles. The van der Waals surface area contributed by atoms with Crippen LogP contribution in [-0.4, -0.2) is 91.6 Å². The molecule has 0 aromatic heterocycles. The molecule has 0 spiro atoms. The molecule has 0 saturated carbocycles. The van der Waals surface area contributed by atoms with Crippen molar-refractivity contribution in [3.63, 3.8) is 0 Å². The van der Waals surface area contributed by atoms with E-state index in [1.807, 2.05) is 0 Å². The molecular formula is C48H36N4O16Zn. The molecule has 0 saturated heterocycles. The molecule has 0 bridgehead atoms. The number of carbonyl (C=O) groups excluding carboxylic acids is 8. The van der Waals surface area contributed by atoms with Crippen LogP contribution in [0.25, 0.3) is 0 Å². The van der Waals surface area contributed by atoms with Gasteiger partial charge in [0.05, 0.1) is 45.0 Å². The summed E-state index contributed by atoms with van der Waals surface area (Å²) in [5, 5.41) is 35.7. The van der Waals surface area contributed by atoms with E-state index in [4.69, 9.17) is 20.4 Å². The Labute approximate surface area is 403 Å². The fourth-order valence-electron chi connectivity index (χ4n) is 6.55. The van der Waals surface area contributed by atoms with Crippen molar-refractivity contribution in [1.29, 1.82) is 0 Å². The fourth-order valence-corrected chi connectivity index (χ4v) is 6.55. The molecule has 69 heavy (non-hydrogen) atoms. The number of benzene rings is 4. The number of imide groups is 4. The third kappa shape index (κ3) is 11.5. The number of carboxylic acids is 4. The maximum Gasteiger partial charge on any atom is 0.337 e. The Morgan fingerprint density at radius 2 is 0.638 bits per heavy atom. The molecule has 8 rings (SSSR count). The van der Waals surface area contributed by atoms with E-state index in [0.717, 1.165) is 19.6 Å². The van der Waals surface area contributed by atoms with E-state index in [1.165, 1.54) is 123 Å². The average Bonchev–Trinajstić information content (AvgIpc) is 3.91. The number of para-hydroxylation sites is 2. The van der Waals surface area contributed by atoms with Crippen molar-refractivity contribution in [2.75, 3.05) is 19.6 Å². The monoisotopic (exact) mass is 988 g/mol. The third-order valence-corrected chi connectivity index (χ3v) is 9.86. The smallest absolute Gasteiger partial charge is 0.337 e. The number of hydrogen-bond donors (Lipinski definition) is 4. The molecule has 4 N–H and O–H groups in total. The zero-order chi connectivity index (χ0) is 50.3. The minimum atomic E-state index is -1.18. The van der Waals surface area contributed by atoms with E-state index in [1.54, 1.807) is 26.0 Å². The summed E-state index contributed by atoms with van der Waals surface area (Å²) in [5.41, 5.74) is 1.96. The quantitative estimate of drug-likeness (QED) is 0.136. The fraction of sp³-hybridized carbons (Fsp3) is 0.0833. The maximum atomic E-state index is 11.7. The first-order valence-corrected chi connectivity index (χ1v) is 19.6. The molecule has 4 heterocycles. The van der Waals surface area contributed by atoms with Gasteiger partial charge < -0.3 is 20.4 Å². The molecule has 4 aromatic carbocycles. The van der Waals surface area contributed by atoms with E-state index in [0.29, 0.717) is 22.3 Å². The van der Waals surface area contributed by atoms with Gasteiger partial charge in [0.2, 0.25) is 0 Å². The first kappa shape index (κ1) is 52.5. The summed E-state index contributed by atoms with van der Waals surface area (Å²) >= 11 is 0. The summed E-state index contributed by atoms with van der Waals surface area (Å²) in [5.74, 6) is -8.28. The zero-order valence-corrected chi connectivity index (χ0v) is 39.7. The Hall–Kier alpha value is -9.10. The predicted molar refractivity (Wildman–Crippen MR) is 239 cm³/mol. The third-order valence-electron chi connectivity index (χ3n) is 9.86. The SMILES string of the molecule is CC1=CC(=O)N(c2cccc(C(=O)O)c2)C1=O.CC1=CC(=O)N(c2cccc(C(=O)O)c2)C1=O.CC1=CC(=O)N(c2ccccc2C(=O)O)C1=O.CC1=CC(=O)N(c2ccccc2C(=O)O)C1=O.[Zn]. The Morgan fingerprint density at radius 3 is 0.884 bits per heavy atom. The molecule has 0 unspecified atom stereocenters. The van der Waals surface area contributed by atoms with Crippen molar-refractivity contribution >= 4 is 93.9 Å². The molecule has 4 aliphatic heterocycles. The van der Waals surface area contributed by atoms with E-state index in [2.05, 4.69) is 0 Å². The molecule has 4 aromatic rings. The van der Waals surface area contributed by atoms with Crippen LogP contribution in [0.2, 0.25) is 0 Å². The van der Waals surface area contributed by atoms with Crippen molar-refractivity contribution in [2.45, 2.75) is 27.7 Å². The minimum Gasteiger partial charge on any atom is -0.478 e. The summed E-state index contributed by atoms with van der Waals surface area (Å²) in [6.45, 7) is 6.12. The number of aromatic carboxylic acids is 4. The summed E-state index contributed by atoms with van der Waals surface area (Å²) < 4.78 is 0. The van der Waals surface area contributed by atoms with Gasteiger partial charge in [0.1, 0.15) is 0 Å². The first-order valence-electron chi connectivity index (χ1n) is 19.6. The number of rotatable bonds is 8. The number of nitrogens with zero attached hydrogens (tertiary/aromatic N) is 4.